The lowest BCUT2D eigenvalue weighted by Crippen LogP contribution is -2.27. The summed E-state index contributed by atoms with van der Waals surface area (Å²) in [7, 11) is -3.76. The fraction of sp³-hybridized carbons (Fsp3) is 0.583. The summed E-state index contributed by atoms with van der Waals surface area (Å²) in [4.78, 5) is 11.9. The van der Waals surface area contributed by atoms with Gasteiger partial charge >= 0.3 is 0 Å². The molecular weight excluding hydrogens is 300 g/mol. The summed E-state index contributed by atoms with van der Waals surface area (Å²) in [6.07, 6.45) is 2.47. The highest BCUT2D eigenvalue weighted by atomic mass is 32.2. The van der Waals surface area contributed by atoms with Crippen molar-refractivity contribution in [1.82, 2.24) is 5.32 Å². The molecule has 1 saturated carbocycles. The Hall–Kier alpha value is -0.960. The van der Waals surface area contributed by atoms with Gasteiger partial charge in [0.25, 0.3) is 5.91 Å². The van der Waals surface area contributed by atoms with Gasteiger partial charge in [0.1, 0.15) is 4.21 Å². The van der Waals surface area contributed by atoms with Crippen LogP contribution >= 0.6 is 11.3 Å². The van der Waals surface area contributed by atoms with E-state index in [1.54, 1.807) is 6.92 Å². The molecule has 1 heterocycles. The normalized spacial score (nSPS) is 15.3. The third-order valence-corrected chi connectivity index (χ3v) is 5.76. The summed E-state index contributed by atoms with van der Waals surface area (Å²) in [6.45, 7) is 3.21. The molecular formula is C12H18N2O4S2. The molecule has 0 atom stereocenters. The monoisotopic (exact) mass is 318 g/mol. The molecule has 0 radical (unpaired) electrons. The Labute approximate surface area is 122 Å². The first-order chi connectivity index (χ1) is 9.39. The lowest BCUT2D eigenvalue weighted by molar-refractivity contribution is 0.0906. The van der Waals surface area contributed by atoms with Gasteiger partial charge in [0.2, 0.25) is 10.0 Å². The van der Waals surface area contributed by atoms with Gasteiger partial charge in [-0.3, -0.25) is 4.79 Å². The topological polar surface area (TPSA) is 98.5 Å². The molecule has 1 aliphatic carbocycles. The van der Waals surface area contributed by atoms with Crippen molar-refractivity contribution in [2.24, 2.45) is 11.1 Å². The van der Waals surface area contributed by atoms with Crippen LogP contribution in [0.15, 0.2) is 9.59 Å². The Kier molecular flexibility index (Phi) is 4.79. The lowest BCUT2D eigenvalue weighted by atomic mass is 10.2. The van der Waals surface area contributed by atoms with E-state index in [1.165, 1.54) is 18.2 Å². The number of amides is 1. The highest BCUT2D eigenvalue weighted by Crippen LogP contribution is 2.28. The number of rotatable bonds is 7. The summed E-state index contributed by atoms with van der Waals surface area (Å²) in [6, 6.07) is 0. The Morgan fingerprint density at radius 2 is 2.25 bits per heavy atom. The van der Waals surface area contributed by atoms with Gasteiger partial charge < -0.3 is 10.1 Å². The van der Waals surface area contributed by atoms with Crippen LogP contribution in [0, 0.1) is 12.8 Å². The first-order valence-corrected chi connectivity index (χ1v) is 8.79. The second-order valence-electron chi connectivity index (χ2n) is 4.88. The highest BCUT2D eigenvalue weighted by Gasteiger charge is 2.22. The van der Waals surface area contributed by atoms with Crippen LogP contribution in [0.4, 0.5) is 0 Å². The zero-order chi connectivity index (χ0) is 14.8. The van der Waals surface area contributed by atoms with E-state index >= 15 is 0 Å². The smallest absolute Gasteiger partial charge is 0.252 e. The number of sulfonamides is 1. The molecule has 1 amide bonds. The fourth-order valence-corrected chi connectivity index (χ4v) is 3.78. The minimum atomic E-state index is -3.76. The molecule has 1 aliphatic rings. The molecule has 0 bridgehead atoms. The Balaban J connectivity index is 1.84. The molecule has 1 aromatic heterocycles. The van der Waals surface area contributed by atoms with Gasteiger partial charge in [0.15, 0.2) is 0 Å². The minimum absolute atomic E-state index is 0.0348. The summed E-state index contributed by atoms with van der Waals surface area (Å²) >= 11 is 0.962. The zero-order valence-electron chi connectivity index (χ0n) is 11.2. The average Bonchev–Trinajstić information content (AvgIpc) is 3.08. The standard InChI is InChI=1S/C12H18N2O4S2/c1-8-10(7-19-12(8)20(13,16)17)11(15)14-4-5-18-6-9-2-3-9/h7,9H,2-6H2,1H3,(H,14,15)(H2,13,16,17). The van der Waals surface area contributed by atoms with E-state index in [4.69, 9.17) is 9.88 Å². The third-order valence-electron chi connectivity index (χ3n) is 3.08. The quantitative estimate of drug-likeness (QED) is 0.728. The maximum Gasteiger partial charge on any atom is 0.252 e. The zero-order valence-corrected chi connectivity index (χ0v) is 12.9. The molecule has 1 aromatic rings. The van der Waals surface area contributed by atoms with Crippen LogP contribution < -0.4 is 10.5 Å². The van der Waals surface area contributed by atoms with E-state index in [2.05, 4.69) is 5.32 Å². The van der Waals surface area contributed by atoms with E-state index in [0.717, 1.165) is 17.9 Å². The largest absolute Gasteiger partial charge is 0.379 e. The number of ether oxygens (including phenoxy) is 1. The van der Waals surface area contributed by atoms with Crippen LogP contribution in [0.2, 0.25) is 0 Å². The highest BCUT2D eigenvalue weighted by molar-refractivity contribution is 7.91. The Morgan fingerprint density at radius 3 is 2.80 bits per heavy atom. The van der Waals surface area contributed by atoms with E-state index in [0.29, 0.717) is 30.2 Å². The van der Waals surface area contributed by atoms with Crippen molar-refractivity contribution in [3.05, 3.63) is 16.5 Å². The van der Waals surface area contributed by atoms with Crippen LogP contribution in [0.1, 0.15) is 28.8 Å². The Bertz CT molecular complexity index is 591. The van der Waals surface area contributed by atoms with Crippen LogP contribution in [0.3, 0.4) is 0 Å². The molecule has 20 heavy (non-hydrogen) atoms. The second kappa shape index (κ2) is 6.21. The molecule has 0 aromatic carbocycles. The van der Waals surface area contributed by atoms with Crippen molar-refractivity contribution in [2.75, 3.05) is 19.8 Å². The number of thiophene rings is 1. The van der Waals surface area contributed by atoms with Crippen molar-refractivity contribution in [1.29, 1.82) is 0 Å². The summed E-state index contributed by atoms with van der Waals surface area (Å²) < 4.78 is 28.0. The van der Waals surface area contributed by atoms with Gasteiger partial charge in [-0.1, -0.05) is 0 Å². The number of nitrogens with one attached hydrogen (secondary N) is 1. The number of hydrogen-bond donors (Lipinski definition) is 2. The van der Waals surface area contributed by atoms with Crippen LogP contribution in [-0.4, -0.2) is 34.1 Å². The number of primary sulfonamides is 1. The molecule has 0 unspecified atom stereocenters. The van der Waals surface area contributed by atoms with Crippen molar-refractivity contribution in [3.63, 3.8) is 0 Å². The van der Waals surface area contributed by atoms with Gasteiger partial charge in [-0.05, 0) is 31.2 Å². The maximum absolute atomic E-state index is 11.9. The van der Waals surface area contributed by atoms with E-state index in [1.807, 2.05) is 0 Å². The molecule has 8 heteroatoms. The van der Waals surface area contributed by atoms with Gasteiger partial charge in [0, 0.05) is 18.5 Å². The van der Waals surface area contributed by atoms with E-state index < -0.39 is 10.0 Å². The summed E-state index contributed by atoms with van der Waals surface area (Å²) in [5.41, 5.74) is 0.745. The van der Waals surface area contributed by atoms with Crippen molar-refractivity contribution < 1.29 is 17.9 Å². The molecule has 3 N–H and O–H groups in total. The minimum Gasteiger partial charge on any atom is -0.379 e. The third kappa shape index (κ3) is 4.02. The average molecular weight is 318 g/mol. The Morgan fingerprint density at radius 1 is 1.55 bits per heavy atom. The molecule has 0 saturated heterocycles. The SMILES string of the molecule is Cc1c(C(=O)NCCOCC2CC2)csc1S(N)(=O)=O. The van der Waals surface area contributed by atoms with E-state index in [-0.39, 0.29) is 10.1 Å². The lowest BCUT2D eigenvalue weighted by Gasteiger charge is -2.06. The first kappa shape index (κ1) is 15.4. The van der Waals surface area contributed by atoms with E-state index in [9.17, 15) is 13.2 Å². The second-order valence-corrected chi connectivity index (χ2v) is 7.52. The fourth-order valence-electron chi connectivity index (χ4n) is 1.77. The van der Waals surface area contributed by atoms with Gasteiger partial charge in [-0.2, -0.15) is 0 Å². The number of carbonyl (C=O) groups is 1. The molecule has 112 valence electrons. The molecule has 0 aliphatic heterocycles. The molecule has 6 nitrogen and oxygen atoms in total. The van der Waals surface area contributed by atoms with Gasteiger partial charge in [-0.15, -0.1) is 11.3 Å². The van der Waals surface area contributed by atoms with Crippen LogP contribution in [0.5, 0.6) is 0 Å². The number of hydrogen-bond acceptors (Lipinski definition) is 5. The molecule has 2 rings (SSSR count). The maximum atomic E-state index is 11.9. The van der Waals surface area contributed by atoms with Crippen LogP contribution in [0.25, 0.3) is 0 Å². The molecule has 0 spiro atoms. The predicted molar refractivity (Wildman–Crippen MR) is 76.3 cm³/mol. The van der Waals surface area contributed by atoms with Gasteiger partial charge in [-0.25, -0.2) is 13.6 Å². The summed E-state index contributed by atoms with van der Waals surface area (Å²) in [5, 5.41) is 9.29. The summed E-state index contributed by atoms with van der Waals surface area (Å²) in [5.74, 6) is 0.394. The van der Waals surface area contributed by atoms with Gasteiger partial charge in [0.05, 0.1) is 12.2 Å². The molecule has 1 fully saturated rings. The van der Waals surface area contributed by atoms with Crippen molar-refractivity contribution in [3.8, 4) is 0 Å². The van der Waals surface area contributed by atoms with Crippen LogP contribution in [-0.2, 0) is 14.8 Å². The van der Waals surface area contributed by atoms with Crippen molar-refractivity contribution in [2.45, 2.75) is 24.0 Å². The predicted octanol–water partition coefficient (Wildman–Crippen LogP) is 0.860. The van der Waals surface area contributed by atoms with Crippen molar-refractivity contribution >= 4 is 27.3 Å². The number of nitrogens with two attached hydrogens (primary N) is 1. The number of carbonyl (C=O) groups excluding carboxylic acids is 1. The first-order valence-electron chi connectivity index (χ1n) is 6.36.